The van der Waals surface area contributed by atoms with E-state index in [1.54, 1.807) is 38.2 Å². The first-order valence-electron chi connectivity index (χ1n) is 9.14. The number of rotatable bonds is 7. The van der Waals surface area contributed by atoms with E-state index in [1.165, 1.54) is 0 Å². The van der Waals surface area contributed by atoms with Gasteiger partial charge in [0, 0.05) is 18.1 Å². The van der Waals surface area contributed by atoms with Crippen molar-refractivity contribution < 1.29 is 19.2 Å². The van der Waals surface area contributed by atoms with Gasteiger partial charge in [-0.1, -0.05) is 0 Å². The van der Waals surface area contributed by atoms with E-state index in [9.17, 15) is 14.9 Å². The molecule has 0 fully saturated rings. The number of alkyl halides is 1. The van der Waals surface area contributed by atoms with E-state index in [4.69, 9.17) is 16.3 Å². The number of aromatic nitrogens is 1. The van der Waals surface area contributed by atoms with Crippen LogP contribution in [0.3, 0.4) is 0 Å². The lowest BCUT2D eigenvalue weighted by molar-refractivity contribution is -0.385. The molecule has 0 unspecified atom stereocenters. The van der Waals surface area contributed by atoms with E-state index >= 15 is 0 Å². The Bertz CT molecular complexity index is 836. The average Bonchev–Trinajstić information content (AvgIpc) is 3.03. The number of hydrogen-bond donors (Lipinski definition) is 0. The highest BCUT2D eigenvalue weighted by Gasteiger charge is 2.14. The predicted molar refractivity (Wildman–Crippen MR) is 115 cm³/mol. The Morgan fingerprint density at radius 2 is 1.86 bits per heavy atom. The first-order chi connectivity index (χ1) is 13.5. The van der Waals surface area contributed by atoms with Crippen molar-refractivity contribution in [3.8, 4) is 5.88 Å². The second kappa shape index (κ2) is 11.7. The number of carbonyl (C=O) groups excluding carboxylic acids is 1. The summed E-state index contributed by atoms with van der Waals surface area (Å²) < 4.78 is 10.2. The Balaban J connectivity index is 0.000000447. The van der Waals surface area contributed by atoms with Crippen molar-refractivity contribution in [1.82, 2.24) is 4.98 Å². The van der Waals surface area contributed by atoms with E-state index in [0.29, 0.717) is 17.9 Å². The number of benzene rings is 1. The number of nitro groups is 1. The minimum absolute atomic E-state index is 0.0544. The van der Waals surface area contributed by atoms with E-state index in [1.807, 2.05) is 32.2 Å². The highest BCUT2D eigenvalue weighted by Crippen LogP contribution is 2.26. The number of carbonyl (C=O) groups is 1. The lowest BCUT2D eigenvalue weighted by Gasteiger charge is -2.07. The average molecular weight is 443 g/mol. The number of nitro benzene ring substituents is 1. The van der Waals surface area contributed by atoms with Gasteiger partial charge in [0.25, 0.3) is 5.69 Å². The first kappa shape index (κ1) is 24.8. The van der Waals surface area contributed by atoms with Crippen molar-refractivity contribution in [3.63, 3.8) is 0 Å². The van der Waals surface area contributed by atoms with Gasteiger partial charge >= 0.3 is 5.97 Å². The fraction of sp³-hybridized carbons (Fsp3) is 0.500. The summed E-state index contributed by atoms with van der Waals surface area (Å²) >= 11 is 6.66. The molecule has 0 bridgehead atoms. The molecule has 0 atom stereocenters. The van der Waals surface area contributed by atoms with Crippen LogP contribution in [0.15, 0.2) is 17.5 Å². The standard InChI is InChI=1S/C15H18N2O3S.C5H9ClO2/c1-9(2)20-14-8-21-15(16-14)7-12-5-11(4)13(17(18)19)6-10(12)3;1-4(2)8-5(7)3-6/h5-6,8-9H,7H2,1-4H3;4H,3H2,1-2H3. The van der Waals surface area contributed by atoms with Crippen molar-refractivity contribution >= 4 is 34.6 Å². The van der Waals surface area contributed by atoms with E-state index in [0.717, 1.165) is 16.1 Å². The summed E-state index contributed by atoms with van der Waals surface area (Å²) in [6, 6.07) is 3.50. The molecule has 0 aliphatic carbocycles. The smallest absolute Gasteiger partial charge is 0.321 e. The minimum Gasteiger partial charge on any atom is -0.474 e. The maximum atomic E-state index is 10.9. The molecule has 0 aliphatic heterocycles. The van der Waals surface area contributed by atoms with E-state index < -0.39 is 0 Å². The van der Waals surface area contributed by atoms with Crippen LogP contribution in [0.4, 0.5) is 5.69 Å². The lowest BCUT2D eigenvalue weighted by Crippen LogP contribution is -2.11. The van der Waals surface area contributed by atoms with Gasteiger partial charge < -0.3 is 9.47 Å². The van der Waals surface area contributed by atoms with Crippen molar-refractivity contribution in [3.05, 3.63) is 49.3 Å². The number of ether oxygens (including phenoxy) is 2. The van der Waals surface area contributed by atoms with Crippen molar-refractivity contribution in [2.45, 2.75) is 60.2 Å². The van der Waals surface area contributed by atoms with Crippen LogP contribution in [0.25, 0.3) is 0 Å². The fourth-order valence-corrected chi connectivity index (χ4v) is 3.17. The number of hydrogen-bond acceptors (Lipinski definition) is 7. The number of aryl methyl sites for hydroxylation is 2. The fourth-order valence-electron chi connectivity index (χ4n) is 2.38. The molecule has 0 amide bonds. The maximum Gasteiger partial charge on any atom is 0.321 e. The Hall–Kier alpha value is -2.19. The van der Waals surface area contributed by atoms with Crippen LogP contribution in [-0.2, 0) is 16.0 Å². The largest absolute Gasteiger partial charge is 0.474 e. The summed E-state index contributed by atoms with van der Waals surface area (Å²) in [5.74, 6) is 0.223. The molecule has 0 spiro atoms. The summed E-state index contributed by atoms with van der Waals surface area (Å²) in [7, 11) is 0. The number of halogens is 1. The molecule has 0 N–H and O–H groups in total. The van der Waals surface area contributed by atoms with Gasteiger partial charge in [-0.2, -0.15) is 0 Å². The van der Waals surface area contributed by atoms with Crippen LogP contribution in [0.1, 0.15) is 49.4 Å². The normalized spacial score (nSPS) is 10.5. The third-order valence-electron chi connectivity index (χ3n) is 3.56. The summed E-state index contributed by atoms with van der Waals surface area (Å²) in [6.07, 6.45) is 0.709. The molecule has 1 heterocycles. The first-order valence-corrected chi connectivity index (χ1v) is 10.6. The van der Waals surface area contributed by atoms with Crippen LogP contribution >= 0.6 is 22.9 Å². The van der Waals surface area contributed by atoms with E-state index in [2.05, 4.69) is 9.72 Å². The molecule has 1 aromatic carbocycles. The van der Waals surface area contributed by atoms with Gasteiger partial charge in [-0.3, -0.25) is 14.9 Å². The third kappa shape index (κ3) is 8.79. The molecule has 29 heavy (non-hydrogen) atoms. The zero-order valence-electron chi connectivity index (χ0n) is 17.5. The van der Waals surface area contributed by atoms with Gasteiger partial charge in [-0.15, -0.1) is 22.9 Å². The number of nitrogens with zero attached hydrogens (tertiary/aromatic N) is 2. The Morgan fingerprint density at radius 3 is 2.34 bits per heavy atom. The zero-order valence-corrected chi connectivity index (χ0v) is 19.1. The highest BCUT2D eigenvalue weighted by molar-refractivity contribution is 7.09. The zero-order chi connectivity index (χ0) is 22.1. The molecule has 2 rings (SSSR count). The monoisotopic (exact) mass is 442 g/mol. The molecule has 9 heteroatoms. The number of esters is 1. The molecule has 2 aromatic rings. The molecule has 160 valence electrons. The maximum absolute atomic E-state index is 10.9. The molecule has 0 saturated heterocycles. The van der Waals surface area contributed by atoms with Crippen LogP contribution in [0, 0.1) is 24.0 Å². The van der Waals surface area contributed by atoms with Crippen LogP contribution in [-0.4, -0.2) is 34.0 Å². The second-order valence-electron chi connectivity index (χ2n) is 6.92. The van der Waals surface area contributed by atoms with Crippen molar-refractivity contribution in [1.29, 1.82) is 0 Å². The molecular weight excluding hydrogens is 416 g/mol. The van der Waals surface area contributed by atoms with Gasteiger partial charge in [0.2, 0.25) is 5.88 Å². The highest BCUT2D eigenvalue weighted by atomic mass is 35.5. The lowest BCUT2D eigenvalue weighted by atomic mass is 10.0. The van der Waals surface area contributed by atoms with Crippen LogP contribution in [0.5, 0.6) is 5.88 Å². The van der Waals surface area contributed by atoms with Gasteiger partial charge in [-0.25, -0.2) is 4.98 Å². The topological polar surface area (TPSA) is 91.6 Å². The number of thiazole rings is 1. The SMILES string of the molecule is CC(C)OC(=O)CCl.Cc1cc([N+](=O)[O-])c(C)cc1Cc1nc(OC(C)C)cs1. The van der Waals surface area contributed by atoms with Crippen molar-refractivity contribution in [2.24, 2.45) is 0 Å². The third-order valence-corrected chi connectivity index (χ3v) is 4.60. The van der Waals surface area contributed by atoms with Gasteiger partial charge in [0.05, 0.1) is 22.5 Å². The molecule has 7 nitrogen and oxygen atoms in total. The predicted octanol–water partition coefficient (Wildman–Crippen LogP) is 5.22. The van der Waals surface area contributed by atoms with Gasteiger partial charge in [0.15, 0.2) is 0 Å². The summed E-state index contributed by atoms with van der Waals surface area (Å²) in [6.45, 7) is 11.1. The molecule has 0 aliphatic rings. The molecule has 0 saturated carbocycles. The Labute approximate surface area is 180 Å². The van der Waals surface area contributed by atoms with Gasteiger partial charge in [-0.05, 0) is 58.7 Å². The Kier molecular flexibility index (Phi) is 10.0. The second-order valence-corrected chi connectivity index (χ2v) is 8.13. The summed E-state index contributed by atoms with van der Waals surface area (Å²) in [4.78, 5) is 25.3. The van der Waals surface area contributed by atoms with Gasteiger partial charge in [0.1, 0.15) is 10.9 Å². The Morgan fingerprint density at radius 1 is 1.21 bits per heavy atom. The molecule has 1 aromatic heterocycles. The minimum atomic E-state index is -0.360. The van der Waals surface area contributed by atoms with Crippen molar-refractivity contribution in [2.75, 3.05) is 5.88 Å². The molecular formula is C20H27ClN2O5S. The van der Waals surface area contributed by atoms with Crippen LogP contribution < -0.4 is 4.74 Å². The van der Waals surface area contributed by atoms with E-state index in [-0.39, 0.29) is 34.7 Å². The van der Waals surface area contributed by atoms with Crippen LogP contribution in [0.2, 0.25) is 0 Å². The molecule has 0 radical (unpaired) electrons. The summed E-state index contributed by atoms with van der Waals surface area (Å²) in [5, 5.41) is 13.8. The summed E-state index contributed by atoms with van der Waals surface area (Å²) in [5.41, 5.74) is 2.81. The quantitative estimate of drug-likeness (QED) is 0.252.